The van der Waals surface area contributed by atoms with Gasteiger partial charge < -0.3 is 10.1 Å². The lowest BCUT2D eigenvalue weighted by Crippen LogP contribution is -2.05. The number of hydrogen-bond acceptors (Lipinski definition) is 5. The summed E-state index contributed by atoms with van der Waals surface area (Å²) in [6.07, 6.45) is 0.970. The third-order valence-corrected chi connectivity index (χ3v) is 4.27. The summed E-state index contributed by atoms with van der Waals surface area (Å²) < 4.78 is 5.91. The lowest BCUT2D eigenvalue weighted by molar-refractivity contribution is -0.143. The molecule has 21 heavy (non-hydrogen) atoms. The van der Waals surface area contributed by atoms with Crippen molar-refractivity contribution in [2.75, 3.05) is 11.9 Å². The van der Waals surface area contributed by atoms with Crippen molar-refractivity contribution in [3.05, 3.63) is 39.3 Å². The number of carbonyl (C=O) groups excluding carboxylic acids is 1. The number of halogens is 1. The summed E-state index contributed by atoms with van der Waals surface area (Å²) in [5, 5.41) is 6.06. The monoisotopic (exact) mass is 368 g/mol. The van der Waals surface area contributed by atoms with E-state index in [4.69, 9.17) is 4.74 Å². The van der Waals surface area contributed by atoms with Gasteiger partial charge in [0.05, 0.1) is 24.4 Å². The van der Waals surface area contributed by atoms with Gasteiger partial charge in [-0.15, -0.1) is 11.3 Å². The molecular formula is C15H17BrN2O2S. The van der Waals surface area contributed by atoms with Crippen LogP contribution in [0.1, 0.15) is 24.6 Å². The maximum atomic E-state index is 11.3. The number of carbonyl (C=O) groups is 1. The molecule has 0 bridgehead atoms. The van der Waals surface area contributed by atoms with Crippen molar-refractivity contribution >= 4 is 44.1 Å². The van der Waals surface area contributed by atoms with Crippen molar-refractivity contribution < 1.29 is 9.53 Å². The van der Waals surface area contributed by atoms with Gasteiger partial charge in [0.2, 0.25) is 0 Å². The zero-order chi connectivity index (χ0) is 15.2. The van der Waals surface area contributed by atoms with Crippen LogP contribution in [0.15, 0.2) is 28.1 Å². The summed E-state index contributed by atoms with van der Waals surface area (Å²) >= 11 is 5.06. The van der Waals surface area contributed by atoms with Crippen molar-refractivity contribution in [3.8, 4) is 0 Å². The topological polar surface area (TPSA) is 51.2 Å². The summed E-state index contributed by atoms with van der Waals surface area (Å²) in [5.74, 6) is -0.179. The minimum absolute atomic E-state index is 0.179. The summed E-state index contributed by atoms with van der Waals surface area (Å²) in [4.78, 5) is 15.8. The maximum Gasteiger partial charge on any atom is 0.306 e. The van der Waals surface area contributed by atoms with Crippen LogP contribution in [0.2, 0.25) is 0 Å². The Bertz CT molecular complexity index is 628. The average Bonchev–Trinajstić information content (AvgIpc) is 2.88. The molecule has 1 aromatic carbocycles. The number of anilines is 2. The number of nitrogens with one attached hydrogen (secondary N) is 1. The van der Waals surface area contributed by atoms with Crippen LogP contribution in [0.5, 0.6) is 0 Å². The quantitative estimate of drug-likeness (QED) is 0.765. The smallest absolute Gasteiger partial charge is 0.306 e. The number of rotatable bonds is 6. The number of esters is 1. The average molecular weight is 369 g/mol. The second kappa shape index (κ2) is 7.56. The predicted octanol–water partition coefficient (Wildman–Crippen LogP) is 4.45. The van der Waals surface area contributed by atoms with Gasteiger partial charge in [-0.25, -0.2) is 4.98 Å². The van der Waals surface area contributed by atoms with E-state index in [0.717, 1.165) is 21.0 Å². The van der Waals surface area contributed by atoms with Crippen LogP contribution in [-0.2, 0) is 16.0 Å². The van der Waals surface area contributed by atoms with Crippen molar-refractivity contribution in [3.63, 3.8) is 0 Å². The van der Waals surface area contributed by atoms with Crippen LogP contribution in [0.4, 0.5) is 10.8 Å². The number of benzene rings is 1. The molecule has 0 amide bonds. The third-order valence-electron chi connectivity index (χ3n) is 2.81. The molecule has 0 unspecified atom stereocenters. The lowest BCUT2D eigenvalue weighted by Gasteiger charge is -2.06. The van der Waals surface area contributed by atoms with Crippen molar-refractivity contribution in [1.82, 2.24) is 4.98 Å². The Hall–Kier alpha value is -1.40. The number of aromatic nitrogens is 1. The van der Waals surface area contributed by atoms with E-state index < -0.39 is 0 Å². The van der Waals surface area contributed by atoms with E-state index in [2.05, 4.69) is 32.3 Å². The van der Waals surface area contributed by atoms with Gasteiger partial charge in [0.25, 0.3) is 0 Å². The van der Waals surface area contributed by atoms with E-state index in [-0.39, 0.29) is 5.97 Å². The first-order chi connectivity index (χ1) is 10.1. The minimum atomic E-state index is -0.179. The predicted molar refractivity (Wildman–Crippen MR) is 89.2 cm³/mol. The molecule has 4 nitrogen and oxygen atoms in total. The molecule has 1 aromatic heterocycles. The fraction of sp³-hybridized carbons (Fsp3) is 0.333. The molecule has 0 saturated heterocycles. The van der Waals surface area contributed by atoms with Gasteiger partial charge in [-0.3, -0.25) is 4.79 Å². The highest BCUT2D eigenvalue weighted by Crippen LogP contribution is 2.28. The molecule has 0 radical (unpaired) electrons. The third kappa shape index (κ3) is 4.82. The number of thiazole rings is 1. The lowest BCUT2D eigenvalue weighted by atomic mass is 10.2. The van der Waals surface area contributed by atoms with Gasteiger partial charge in [-0.2, -0.15) is 0 Å². The van der Waals surface area contributed by atoms with Crippen LogP contribution in [0, 0.1) is 6.92 Å². The van der Waals surface area contributed by atoms with Crippen LogP contribution < -0.4 is 5.32 Å². The molecule has 0 aliphatic rings. The van der Waals surface area contributed by atoms with Crippen molar-refractivity contribution in [2.45, 2.75) is 26.7 Å². The zero-order valence-corrected chi connectivity index (χ0v) is 14.4. The van der Waals surface area contributed by atoms with Crippen molar-refractivity contribution in [2.24, 2.45) is 0 Å². The second-order valence-corrected chi connectivity index (χ2v) is 6.27. The van der Waals surface area contributed by atoms with E-state index in [1.807, 2.05) is 31.4 Å². The Morgan fingerprint density at radius 2 is 2.29 bits per heavy atom. The molecule has 2 aromatic rings. The largest absolute Gasteiger partial charge is 0.466 e. The van der Waals surface area contributed by atoms with Gasteiger partial charge in [0, 0.05) is 16.3 Å². The normalized spacial score (nSPS) is 10.4. The zero-order valence-electron chi connectivity index (χ0n) is 12.0. The SMILES string of the molecule is CCOC(=O)CCc1csc(Nc2ccc(C)cc2Br)n1. The van der Waals surface area contributed by atoms with E-state index in [1.54, 1.807) is 0 Å². The maximum absolute atomic E-state index is 11.3. The van der Waals surface area contributed by atoms with Crippen LogP contribution in [0.3, 0.4) is 0 Å². The molecule has 0 saturated carbocycles. The Labute approximate surface area is 136 Å². The molecule has 1 heterocycles. The fourth-order valence-corrected chi connectivity index (χ4v) is 3.13. The molecule has 112 valence electrons. The second-order valence-electron chi connectivity index (χ2n) is 4.56. The summed E-state index contributed by atoms with van der Waals surface area (Å²) in [6, 6.07) is 6.11. The van der Waals surface area contributed by atoms with E-state index in [0.29, 0.717) is 19.4 Å². The number of nitrogens with zero attached hydrogens (tertiary/aromatic N) is 1. The molecular weight excluding hydrogens is 352 g/mol. The number of hydrogen-bond donors (Lipinski definition) is 1. The highest BCUT2D eigenvalue weighted by atomic mass is 79.9. The Morgan fingerprint density at radius 1 is 1.48 bits per heavy atom. The van der Waals surface area contributed by atoms with Crippen LogP contribution >= 0.6 is 27.3 Å². The van der Waals surface area contributed by atoms with Crippen molar-refractivity contribution in [1.29, 1.82) is 0 Å². The Balaban J connectivity index is 1.95. The van der Waals surface area contributed by atoms with E-state index in [9.17, 15) is 4.79 Å². The highest BCUT2D eigenvalue weighted by molar-refractivity contribution is 9.10. The Morgan fingerprint density at radius 3 is 3.00 bits per heavy atom. The first kappa shape index (κ1) is 16.0. The van der Waals surface area contributed by atoms with E-state index >= 15 is 0 Å². The molecule has 2 rings (SSSR count). The summed E-state index contributed by atoms with van der Waals surface area (Å²) in [7, 11) is 0. The molecule has 0 atom stereocenters. The van der Waals surface area contributed by atoms with Gasteiger partial charge in [0.15, 0.2) is 5.13 Å². The highest BCUT2D eigenvalue weighted by Gasteiger charge is 2.08. The summed E-state index contributed by atoms with van der Waals surface area (Å²) in [5.41, 5.74) is 3.08. The van der Waals surface area contributed by atoms with Gasteiger partial charge in [-0.1, -0.05) is 6.07 Å². The van der Waals surface area contributed by atoms with Gasteiger partial charge in [-0.05, 0) is 47.5 Å². The standard InChI is InChI=1S/C15H17BrN2O2S/c1-3-20-14(19)7-5-11-9-21-15(17-11)18-13-6-4-10(2)8-12(13)16/h4,6,8-9H,3,5,7H2,1-2H3,(H,17,18). The van der Waals surface area contributed by atoms with Crippen LogP contribution in [0.25, 0.3) is 0 Å². The summed E-state index contributed by atoms with van der Waals surface area (Å²) in [6.45, 7) is 4.28. The number of aryl methyl sites for hydroxylation is 2. The number of ether oxygens (including phenoxy) is 1. The van der Waals surface area contributed by atoms with Gasteiger partial charge >= 0.3 is 5.97 Å². The minimum Gasteiger partial charge on any atom is -0.466 e. The first-order valence-corrected chi connectivity index (χ1v) is 8.39. The molecule has 0 aliphatic carbocycles. The van der Waals surface area contributed by atoms with Crippen LogP contribution in [-0.4, -0.2) is 17.6 Å². The van der Waals surface area contributed by atoms with Gasteiger partial charge in [0.1, 0.15) is 0 Å². The first-order valence-electron chi connectivity index (χ1n) is 6.71. The van der Waals surface area contributed by atoms with E-state index in [1.165, 1.54) is 16.9 Å². The molecule has 0 spiro atoms. The molecule has 0 aliphatic heterocycles. The molecule has 1 N–H and O–H groups in total. The molecule has 6 heteroatoms. The Kier molecular flexibility index (Phi) is 5.76. The fourth-order valence-electron chi connectivity index (χ4n) is 1.78. The molecule has 0 fully saturated rings.